The van der Waals surface area contributed by atoms with Crippen molar-refractivity contribution in [3.8, 4) is 5.75 Å². The van der Waals surface area contributed by atoms with E-state index < -0.39 is 0 Å². The molecule has 0 saturated carbocycles. The van der Waals surface area contributed by atoms with E-state index in [0.29, 0.717) is 12.3 Å². The zero-order chi connectivity index (χ0) is 20.3. The van der Waals surface area contributed by atoms with Crippen molar-refractivity contribution in [1.82, 2.24) is 19.6 Å². The van der Waals surface area contributed by atoms with Crippen molar-refractivity contribution in [2.75, 3.05) is 26.2 Å². The molecule has 154 valence electrons. The molecule has 2 saturated heterocycles. The van der Waals surface area contributed by atoms with Crippen LogP contribution in [0.4, 0.5) is 11.4 Å². The molecule has 1 aromatic heterocycles. The number of nitrogens with zero attached hydrogens (tertiary/aromatic N) is 4. The Kier molecular flexibility index (Phi) is 5.81. The number of hydrogen-bond donors (Lipinski definition) is 0. The number of likely N-dealkylation sites (tertiary alicyclic amines) is 1. The van der Waals surface area contributed by atoms with Gasteiger partial charge in [-0.3, -0.25) is 9.28 Å². The number of ether oxygens (including phenoxy) is 1. The van der Waals surface area contributed by atoms with E-state index in [1.165, 1.54) is 17.8 Å². The Balaban J connectivity index is 1.35. The normalized spacial score (nSPS) is 19.1. The van der Waals surface area contributed by atoms with Gasteiger partial charge in [0.05, 0.1) is 19.3 Å². The highest BCUT2D eigenvalue weighted by molar-refractivity contribution is 5.76. The predicted octanol–water partition coefficient (Wildman–Crippen LogP) is 3.94. The number of piperidine rings is 1. The number of rotatable bonds is 6. The molecule has 3 heterocycles. The summed E-state index contributed by atoms with van der Waals surface area (Å²) in [6.07, 6.45) is 7.47. The van der Waals surface area contributed by atoms with Gasteiger partial charge in [-0.25, -0.2) is 0 Å². The second-order valence-corrected chi connectivity index (χ2v) is 8.66. The fourth-order valence-corrected chi connectivity index (χ4v) is 4.38. The molecule has 1 aromatic carbocycles. The van der Waals surface area contributed by atoms with Crippen LogP contribution in [0, 0.1) is 5.92 Å². The molecule has 29 heavy (non-hydrogen) atoms. The number of amides is 1. The smallest absolute Gasteiger partial charge is 0.222 e. The first-order valence-electron chi connectivity index (χ1n) is 10.8. The number of benzene rings is 1. The summed E-state index contributed by atoms with van der Waals surface area (Å²) >= 11 is 0. The van der Waals surface area contributed by atoms with Crippen molar-refractivity contribution in [3.05, 3.63) is 42.7 Å². The van der Waals surface area contributed by atoms with Crippen molar-refractivity contribution in [1.29, 1.82) is 0 Å². The van der Waals surface area contributed by atoms with Gasteiger partial charge in [0.25, 0.3) is 0 Å². The zero-order valence-electron chi connectivity index (χ0n) is 17.5. The second kappa shape index (κ2) is 8.49. The van der Waals surface area contributed by atoms with Crippen LogP contribution in [0.5, 0.6) is 5.75 Å². The topological polar surface area (TPSA) is 55.3 Å². The maximum absolute atomic E-state index is 12.2. The highest BCUT2D eigenvalue weighted by Gasteiger charge is 2.40. The number of carbonyl (C=O) groups excluding carboxylic acids is 1. The van der Waals surface area contributed by atoms with Gasteiger partial charge in [0.1, 0.15) is 23.7 Å². The van der Waals surface area contributed by atoms with Crippen LogP contribution < -0.4 is 9.22 Å². The quantitative estimate of drug-likeness (QED) is 0.696. The molecule has 1 amide bonds. The van der Waals surface area contributed by atoms with E-state index >= 15 is 0 Å². The van der Waals surface area contributed by atoms with Gasteiger partial charge in [-0.05, 0) is 18.1 Å². The maximum Gasteiger partial charge on any atom is 0.222 e. The van der Waals surface area contributed by atoms with Crippen LogP contribution >= 0.6 is 0 Å². The van der Waals surface area contributed by atoms with Crippen LogP contribution in [0.2, 0.25) is 0 Å². The molecule has 2 aliphatic rings. The Morgan fingerprint density at radius 3 is 2.38 bits per heavy atom. The van der Waals surface area contributed by atoms with Crippen LogP contribution in [0.25, 0.3) is 0 Å². The molecule has 6 heteroatoms. The van der Waals surface area contributed by atoms with Crippen molar-refractivity contribution in [3.63, 3.8) is 0 Å². The summed E-state index contributed by atoms with van der Waals surface area (Å²) in [5.41, 5.74) is 2.46. The van der Waals surface area contributed by atoms with E-state index in [9.17, 15) is 4.79 Å². The lowest BCUT2D eigenvalue weighted by atomic mass is 10.0. The summed E-state index contributed by atoms with van der Waals surface area (Å²) in [6.45, 7) is 7.96. The van der Waals surface area contributed by atoms with Gasteiger partial charge in [0, 0.05) is 57.0 Å². The molecule has 0 bridgehead atoms. The van der Waals surface area contributed by atoms with Gasteiger partial charge >= 0.3 is 0 Å². The third-order valence-corrected chi connectivity index (χ3v) is 6.15. The van der Waals surface area contributed by atoms with Crippen LogP contribution in [0.1, 0.15) is 39.5 Å². The van der Waals surface area contributed by atoms with Crippen molar-refractivity contribution < 1.29 is 9.53 Å². The summed E-state index contributed by atoms with van der Waals surface area (Å²) in [5, 5.41) is 7.98. The standard InChI is InChI=1S/C23H31N4O2/c1-18(2)16-23(28)26-12-9-22(10-13-26)29-21-6-4-19(5-7-21)27(14-3-15-27)20-8-11-24-25-17-20/h4-8,11,17-18,22H,3,9-10,12-16H2,1-2H3/q+1. The van der Waals surface area contributed by atoms with Crippen LogP contribution in [0.3, 0.4) is 0 Å². The van der Waals surface area contributed by atoms with Crippen LogP contribution in [-0.4, -0.2) is 53.3 Å². The van der Waals surface area contributed by atoms with E-state index in [4.69, 9.17) is 4.74 Å². The van der Waals surface area contributed by atoms with Gasteiger partial charge < -0.3 is 9.64 Å². The molecule has 0 atom stereocenters. The number of hydrogen-bond acceptors (Lipinski definition) is 4. The lowest BCUT2D eigenvalue weighted by Gasteiger charge is -2.44. The van der Waals surface area contributed by atoms with Crippen molar-refractivity contribution in [2.45, 2.75) is 45.6 Å². The minimum Gasteiger partial charge on any atom is -0.490 e. The summed E-state index contributed by atoms with van der Waals surface area (Å²) in [7, 11) is 0. The average Bonchev–Trinajstić information content (AvgIpc) is 2.69. The summed E-state index contributed by atoms with van der Waals surface area (Å²) in [6, 6.07) is 10.6. The van der Waals surface area contributed by atoms with E-state index in [1.54, 1.807) is 6.20 Å². The number of aromatic nitrogens is 2. The fraction of sp³-hybridized carbons (Fsp3) is 0.522. The third-order valence-electron chi connectivity index (χ3n) is 6.15. The molecule has 0 N–H and O–H groups in total. The highest BCUT2D eigenvalue weighted by atomic mass is 16.5. The lowest BCUT2D eigenvalue weighted by molar-refractivity contribution is -0.133. The molecule has 2 fully saturated rings. The first kappa shape index (κ1) is 19.8. The molecule has 2 aliphatic heterocycles. The van der Waals surface area contributed by atoms with Gasteiger partial charge in [-0.2, -0.15) is 10.2 Å². The van der Waals surface area contributed by atoms with E-state index in [0.717, 1.165) is 49.3 Å². The van der Waals surface area contributed by atoms with Crippen molar-refractivity contribution in [2.24, 2.45) is 5.92 Å². The van der Waals surface area contributed by atoms with E-state index in [2.05, 4.69) is 54.4 Å². The maximum atomic E-state index is 12.2. The summed E-state index contributed by atoms with van der Waals surface area (Å²) in [5.74, 6) is 1.60. The van der Waals surface area contributed by atoms with Gasteiger partial charge in [-0.1, -0.05) is 13.8 Å². The Morgan fingerprint density at radius 2 is 1.83 bits per heavy atom. The van der Waals surface area contributed by atoms with Crippen molar-refractivity contribution >= 4 is 17.3 Å². The lowest BCUT2D eigenvalue weighted by Crippen LogP contribution is -2.55. The van der Waals surface area contributed by atoms with Crippen LogP contribution in [0.15, 0.2) is 42.7 Å². The van der Waals surface area contributed by atoms with Crippen LogP contribution in [-0.2, 0) is 4.79 Å². The first-order chi connectivity index (χ1) is 14.1. The Bertz CT molecular complexity index is 811. The molecule has 0 unspecified atom stereocenters. The molecule has 6 nitrogen and oxygen atoms in total. The van der Waals surface area contributed by atoms with Gasteiger partial charge in [0.2, 0.25) is 5.91 Å². The molecular formula is C23H31N4O2+. The molecule has 4 rings (SSSR count). The first-order valence-corrected chi connectivity index (χ1v) is 10.8. The van der Waals surface area contributed by atoms with E-state index in [-0.39, 0.29) is 12.0 Å². The third kappa shape index (κ3) is 4.27. The zero-order valence-corrected chi connectivity index (χ0v) is 17.5. The monoisotopic (exact) mass is 395 g/mol. The molecule has 2 aromatic rings. The van der Waals surface area contributed by atoms with E-state index in [1.807, 2.05) is 11.1 Å². The SMILES string of the molecule is CC(C)CC(=O)N1CCC(Oc2ccc([N+]3(c4ccnnc4)CCC3)cc2)CC1. The molecule has 0 radical (unpaired) electrons. The van der Waals surface area contributed by atoms with Gasteiger partial charge in [0.15, 0.2) is 5.69 Å². The predicted molar refractivity (Wildman–Crippen MR) is 114 cm³/mol. The summed E-state index contributed by atoms with van der Waals surface area (Å²) in [4.78, 5) is 14.2. The average molecular weight is 396 g/mol. The Morgan fingerprint density at radius 1 is 1.10 bits per heavy atom. The number of quaternary nitrogens is 1. The molecule has 0 aliphatic carbocycles. The minimum atomic E-state index is 0.181. The number of carbonyl (C=O) groups is 1. The Hall–Kier alpha value is -2.47. The van der Waals surface area contributed by atoms with Gasteiger partial charge in [-0.15, -0.1) is 0 Å². The highest BCUT2D eigenvalue weighted by Crippen LogP contribution is 2.40. The molecular weight excluding hydrogens is 364 g/mol. The summed E-state index contributed by atoms with van der Waals surface area (Å²) < 4.78 is 7.06. The minimum absolute atomic E-state index is 0.181. The molecule has 0 spiro atoms. The largest absolute Gasteiger partial charge is 0.490 e. The Labute approximate surface area is 173 Å². The fourth-order valence-electron chi connectivity index (χ4n) is 4.38. The second-order valence-electron chi connectivity index (χ2n) is 8.66.